The van der Waals surface area contributed by atoms with Crippen molar-refractivity contribution in [3.05, 3.63) is 28.8 Å². The van der Waals surface area contributed by atoms with Gasteiger partial charge in [0.2, 0.25) is 5.88 Å². The standard InChI is InChI=1S/C27H41N5O6S2/c1-31-7-3-5-22(19-31)24-21-39-29-26(24)37-17-15-35-13-11-33-9-10-34-12-14-36-16-18-38-27-25(28-40-30-27)23-6-4-8-32(2)20-23/h5-6,21H,3-4,7-20H2,1-2H3. The van der Waals surface area contributed by atoms with E-state index in [1.807, 2.05) is 0 Å². The summed E-state index contributed by atoms with van der Waals surface area (Å²) in [4.78, 5) is 4.58. The minimum Gasteiger partial charge on any atom is -0.474 e. The van der Waals surface area contributed by atoms with E-state index in [1.165, 1.54) is 34.4 Å². The molecule has 2 aromatic rings. The van der Waals surface area contributed by atoms with Crippen molar-refractivity contribution in [2.75, 3.05) is 106 Å². The lowest BCUT2D eigenvalue weighted by Gasteiger charge is -2.22. The van der Waals surface area contributed by atoms with Gasteiger partial charge in [0.05, 0.1) is 70.1 Å². The van der Waals surface area contributed by atoms with Gasteiger partial charge in [-0.2, -0.15) is 8.75 Å². The van der Waals surface area contributed by atoms with Crippen molar-refractivity contribution in [3.8, 4) is 11.8 Å². The Bertz CT molecular complexity index is 980. The van der Waals surface area contributed by atoms with Crippen molar-refractivity contribution in [2.45, 2.75) is 12.8 Å². The molecule has 0 atom stereocenters. The molecule has 2 aromatic heterocycles. The molecule has 2 aliphatic rings. The van der Waals surface area contributed by atoms with Crippen LogP contribution in [0.4, 0.5) is 0 Å². The Labute approximate surface area is 245 Å². The topological polar surface area (TPSA) is 101 Å². The zero-order valence-electron chi connectivity index (χ0n) is 23.5. The predicted molar refractivity (Wildman–Crippen MR) is 156 cm³/mol. The fourth-order valence-electron chi connectivity index (χ4n) is 4.33. The van der Waals surface area contributed by atoms with Gasteiger partial charge in [0.25, 0.3) is 5.88 Å². The molecule has 4 heterocycles. The largest absolute Gasteiger partial charge is 0.474 e. The quantitative estimate of drug-likeness (QED) is 0.224. The highest BCUT2D eigenvalue weighted by molar-refractivity contribution is 7.04. The Morgan fingerprint density at radius 3 is 1.77 bits per heavy atom. The SMILES string of the molecule is CN1CCC=C(c2csnc2OCCOCCOCCOCCOCCOc2nsnc2C2=CCCN(C)C2)C1. The van der Waals surface area contributed by atoms with Crippen LogP contribution in [0.5, 0.6) is 11.8 Å². The predicted octanol–water partition coefficient (Wildman–Crippen LogP) is 2.96. The van der Waals surface area contributed by atoms with Crippen LogP contribution in [-0.2, 0) is 18.9 Å². The Morgan fingerprint density at radius 1 is 0.650 bits per heavy atom. The zero-order chi connectivity index (χ0) is 27.8. The molecule has 0 bridgehead atoms. The molecule has 0 N–H and O–H groups in total. The number of likely N-dealkylation sites (N-methyl/N-ethyl adjacent to an activating group) is 2. The molecule has 0 saturated heterocycles. The van der Waals surface area contributed by atoms with Gasteiger partial charge in [0.1, 0.15) is 18.9 Å². The third-order valence-corrected chi connectivity index (χ3v) is 7.50. The minimum absolute atomic E-state index is 0.427. The van der Waals surface area contributed by atoms with Crippen LogP contribution in [0.1, 0.15) is 24.1 Å². The van der Waals surface area contributed by atoms with Gasteiger partial charge in [-0.3, -0.25) is 0 Å². The first-order valence-corrected chi connectivity index (χ1v) is 15.4. The summed E-state index contributed by atoms with van der Waals surface area (Å²) in [7, 11) is 4.24. The molecule has 0 radical (unpaired) electrons. The van der Waals surface area contributed by atoms with Gasteiger partial charge < -0.3 is 38.2 Å². The summed E-state index contributed by atoms with van der Waals surface area (Å²) < 4.78 is 47.0. The van der Waals surface area contributed by atoms with E-state index in [2.05, 4.69) is 54.5 Å². The first-order valence-electron chi connectivity index (χ1n) is 13.8. The zero-order valence-corrected chi connectivity index (χ0v) is 25.2. The first-order chi connectivity index (χ1) is 19.7. The number of hydrogen-bond donors (Lipinski definition) is 0. The molecule has 0 spiro atoms. The average Bonchev–Trinajstić information content (AvgIpc) is 3.63. The van der Waals surface area contributed by atoms with Crippen LogP contribution in [-0.4, -0.2) is 129 Å². The Hall–Kier alpha value is -1.97. The third-order valence-electron chi connectivity index (χ3n) is 6.38. The maximum atomic E-state index is 5.85. The maximum Gasteiger partial charge on any atom is 0.253 e. The minimum atomic E-state index is 0.427. The van der Waals surface area contributed by atoms with E-state index in [9.17, 15) is 0 Å². The van der Waals surface area contributed by atoms with E-state index in [4.69, 9.17) is 28.4 Å². The van der Waals surface area contributed by atoms with E-state index in [0.29, 0.717) is 77.8 Å². The number of hydrogen-bond acceptors (Lipinski definition) is 13. The maximum absolute atomic E-state index is 5.85. The molecule has 0 saturated carbocycles. The number of ether oxygens (including phenoxy) is 6. The molecule has 222 valence electrons. The lowest BCUT2D eigenvalue weighted by Crippen LogP contribution is -2.25. The van der Waals surface area contributed by atoms with Crippen LogP contribution in [0.25, 0.3) is 11.1 Å². The molecular formula is C27H41N5O6S2. The Kier molecular flexibility index (Phi) is 13.8. The van der Waals surface area contributed by atoms with Crippen LogP contribution in [0.2, 0.25) is 0 Å². The van der Waals surface area contributed by atoms with Crippen molar-refractivity contribution in [1.82, 2.24) is 22.9 Å². The van der Waals surface area contributed by atoms with Crippen molar-refractivity contribution < 1.29 is 28.4 Å². The lowest BCUT2D eigenvalue weighted by atomic mass is 10.0. The van der Waals surface area contributed by atoms with Crippen molar-refractivity contribution in [1.29, 1.82) is 0 Å². The molecule has 4 rings (SSSR count). The molecule has 11 nitrogen and oxygen atoms in total. The molecule has 0 amide bonds. The van der Waals surface area contributed by atoms with Gasteiger partial charge in [-0.1, -0.05) is 12.2 Å². The molecule has 40 heavy (non-hydrogen) atoms. The second-order valence-corrected chi connectivity index (χ2v) is 10.8. The molecular weight excluding hydrogens is 554 g/mol. The van der Waals surface area contributed by atoms with Crippen molar-refractivity contribution in [3.63, 3.8) is 0 Å². The third kappa shape index (κ3) is 10.5. The van der Waals surface area contributed by atoms with Gasteiger partial charge in [-0.15, -0.1) is 4.37 Å². The van der Waals surface area contributed by atoms with Crippen LogP contribution in [0.3, 0.4) is 0 Å². The summed E-state index contributed by atoms with van der Waals surface area (Å²) in [6.07, 6.45) is 6.58. The molecule has 0 unspecified atom stereocenters. The van der Waals surface area contributed by atoms with Crippen LogP contribution < -0.4 is 9.47 Å². The van der Waals surface area contributed by atoms with Gasteiger partial charge in [0.15, 0.2) is 0 Å². The monoisotopic (exact) mass is 595 g/mol. The fourth-order valence-corrected chi connectivity index (χ4v) is 5.51. The highest BCUT2D eigenvalue weighted by atomic mass is 32.1. The number of aromatic nitrogens is 3. The summed E-state index contributed by atoms with van der Waals surface area (Å²) >= 11 is 2.60. The Balaban J connectivity index is 0.926. The number of rotatable bonds is 19. The second kappa shape index (κ2) is 17.8. The second-order valence-electron chi connectivity index (χ2n) is 9.61. The van der Waals surface area contributed by atoms with Crippen molar-refractivity contribution >= 4 is 34.4 Å². The molecule has 0 aliphatic carbocycles. The molecule has 13 heteroatoms. The highest BCUT2D eigenvalue weighted by Crippen LogP contribution is 2.29. The summed E-state index contributed by atoms with van der Waals surface area (Å²) in [6, 6.07) is 0. The molecule has 0 aromatic carbocycles. The first kappa shape index (κ1) is 31.0. The van der Waals surface area contributed by atoms with E-state index >= 15 is 0 Å². The van der Waals surface area contributed by atoms with Crippen molar-refractivity contribution in [2.24, 2.45) is 0 Å². The summed E-state index contributed by atoms with van der Waals surface area (Å²) in [5.74, 6) is 1.29. The van der Waals surface area contributed by atoms with E-state index in [1.54, 1.807) is 0 Å². The summed E-state index contributed by atoms with van der Waals surface area (Å²) in [5, 5.41) is 2.06. The normalized spacial score (nSPS) is 16.6. The van der Waals surface area contributed by atoms with Gasteiger partial charge in [-0.25, -0.2) is 0 Å². The number of nitrogens with zero attached hydrogens (tertiary/aromatic N) is 5. The summed E-state index contributed by atoms with van der Waals surface area (Å²) in [6.45, 7) is 8.86. The van der Waals surface area contributed by atoms with E-state index in [0.717, 1.165) is 50.3 Å². The van der Waals surface area contributed by atoms with Crippen LogP contribution in [0, 0.1) is 0 Å². The average molecular weight is 596 g/mol. The molecule has 2 aliphatic heterocycles. The van der Waals surface area contributed by atoms with Gasteiger partial charge >= 0.3 is 0 Å². The lowest BCUT2D eigenvalue weighted by molar-refractivity contribution is -0.00718. The summed E-state index contributed by atoms with van der Waals surface area (Å²) in [5.41, 5.74) is 4.41. The smallest absolute Gasteiger partial charge is 0.253 e. The van der Waals surface area contributed by atoms with E-state index < -0.39 is 0 Å². The van der Waals surface area contributed by atoms with Gasteiger partial charge in [-0.05, 0) is 49.6 Å². The molecule has 0 fully saturated rings. The van der Waals surface area contributed by atoms with Crippen LogP contribution in [0.15, 0.2) is 17.5 Å². The highest BCUT2D eigenvalue weighted by Gasteiger charge is 2.19. The van der Waals surface area contributed by atoms with E-state index in [-0.39, 0.29) is 0 Å². The Morgan fingerprint density at radius 2 is 1.18 bits per heavy atom. The van der Waals surface area contributed by atoms with Gasteiger partial charge in [0, 0.05) is 31.6 Å². The fraction of sp³-hybridized carbons (Fsp3) is 0.667. The van der Waals surface area contributed by atoms with Crippen LogP contribution >= 0.6 is 23.3 Å².